The summed E-state index contributed by atoms with van der Waals surface area (Å²) in [6, 6.07) is -4.00. The fourth-order valence-corrected chi connectivity index (χ4v) is 1.80. The van der Waals surface area contributed by atoms with Crippen molar-refractivity contribution in [2.24, 2.45) is 23.1 Å². The molecule has 0 aromatic heterocycles. The average Bonchev–Trinajstić information content (AvgIpc) is 2.43. The lowest BCUT2D eigenvalue weighted by Crippen LogP contribution is -2.43. The van der Waals surface area contributed by atoms with E-state index in [-0.39, 0.29) is 25.7 Å². The lowest BCUT2D eigenvalue weighted by molar-refractivity contribution is -0.143. The van der Waals surface area contributed by atoms with Crippen LogP contribution in [0.4, 0.5) is 0 Å². The molecular formula is C12H21N3O7. The van der Waals surface area contributed by atoms with Crippen molar-refractivity contribution in [2.45, 2.75) is 43.8 Å². The summed E-state index contributed by atoms with van der Waals surface area (Å²) in [6.07, 6.45) is -0.677. The number of aliphatic carboxylic acids is 3. The summed E-state index contributed by atoms with van der Waals surface area (Å²) in [5.41, 5.74) is 16.0. The summed E-state index contributed by atoms with van der Waals surface area (Å²) in [6.45, 7) is 0. The molecule has 0 saturated heterocycles. The van der Waals surface area contributed by atoms with Crippen molar-refractivity contribution in [3.63, 3.8) is 0 Å². The Labute approximate surface area is 126 Å². The summed E-state index contributed by atoms with van der Waals surface area (Å²) in [5, 5.41) is 26.2. The molecule has 0 spiro atoms. The van der Waals surface area contributed by atoms with E-state index in [2.05, 4.69) is 0 Å². The second-order valence-electron chi connectivity index (χ2n) is 4.94. The smallest absolute Gasteiger partial charge is 0.321 e. The van der Waals surface area contributed by atoms with Crippen molar-refractivity contribution in [2.75, 3.05) is 0 Å². The zero-order valence-electron chi connectivity index (χ0n) is 11.8. The number of rotatable bonds is 11. The first-order valence-electron chi connectivity index (χ1n) is 6.55. The molecule has 10 nitrogen and oxygen atoms in total. The number of Topliss-reactive ketones (excluding diaryl/α,β-unsaturated/α-hetero) is 1. The number of hydrogen-bond acceptors (Lipinski definition) is 7. The molecule has 0 aromatic carbocycles. The maximum Gasteiger partial charge on any atom is 0.321 e. The molecule has 0 saturated carbocycles. The third kappa shape index (κ3) is 6.61. The molecule has 22 heavy (non-hydrogen) atoms. The van der Waals surface area contributed by atoms with Gasteiger partial charge in [-0.15, -0.1) is 0 Å². The van der Waals surface area contributed by atoms with Gasteiger partial charge >= 0.3 is 17.9 Å². The molecule has 0 amide bonds. The normalized spacial score (nSPS) is 16.3. The van der Waals surface area contributed by atoms with Crippen LogP contribution in [0, 0.1) is 5.92 Å². The molecule has 10 heteroatoms. The molecule has 0 bridgehead atoms. The van der Waals surface area contributed by atoms with Crippen molar-refractivity contribution >= 4 is 23.7 Å². The SMILES string of the molecule is N[C@H](CCC(C(=O)CC[C@H](N)C(=O)O)[C@H](N)C(=O)O)C(=O)O. The summed E-state index contributed by atoms with van der Waals surface area (Å²) in [4.78, 5) is 44.2. The largest absolute Gasteiger partial charge is 0.480 e. The molecule has 0 aliphatic heterocycles. The average molecular weight is 319 g/mol. The number of carbonyl (C=O) groups excluding carboxylic acids is 1. The zero-order valence-corrected chi connectivity index (χ0v) is 11.8. The first-order chi connectivity index (χ1) is 10.1. The minimum atomic E-state index is -1.52. The highest BCUT2D eigenvalue weighted by molar-refractivity contribution is 5.88. The second kappa shape index (κ2) is 9.07. The molecule has 0 aliphatic rings. The van der Waals surface area contributed by atoms with Crippen LogP contribution in [0.5, 0.6) is 0 Å². The van der Waals surface area contributed by atoms with Gasteiger partial charge in [-0.2, -0.15) is 0 Å². The Morgan fingerprint density at radius 1 is 0.727 bits per heavy atom. The van der Waals surface area contributed by atoms with Gasteiger partial charge in [0.2, 0.25) is 0 Å². The van der Waals surface area contributed by atoms with Crippen LogP contribution in [-0.2, 0) is 19.2 Å². The standard InChI is InChI=1S/C12H21N3O7/c13-6(10(17)18)2-1-5(9(15)12(21)22)8(16)4-3-7(14)11(19)20/h5-7,9H,1-4,13-15H2,(H,17,18)(H,19,20)(H,21,22)/t5?,6-,7+,9+/m1/s1. The van der Waals surface area contributed by atoms with E-state index in [9.17, 15) is 19.2 Å². The van der Waals surface area contributed by atoms with E-state index >= 15 is 0 Å². The van der Waals surface area contributed by atoms with Crippen LogP contribution in [0.15, 0.2) is 0 Å². The second-order valence-corrected chi connectivity index (χ2v) is 4.94. The van der Waals surface area contributed by atoms with Gasteiger partial charge in [-0.1, -0.05) is 0 Å². The van der Waals surface area contributed by atoms with Crippen LogP contribution in [-0.4, -0.2) is 57.1 Å². The van der Waals surface area contributed by atoms with Gasteiger partial charge < -0.3 is 32.5 Å². The van der Waals surface area contributed by atoms with Gasteiger partial charge in [-0.25, -0.2) is 0 Å². The molecule has 0 rings (SSSR count). The number of ketones is 1. The van der Waals surface area contributed by atoms with Crippen molar-refractivity contribution < 1.29 is 34.5 Å². The summed E-state index contributed by atoms with van der Waals surface area (Å²) >= 11 is 0. The van der Waals surface area contributed by atoms with E-state index in [1.807, 2.05) is 0 Å². The van der Waals surface area contributed by atoms with E-state index in [0.717, 1.165) is 0 Å². The van der Waals surface area contributed by atoms with Gasteiger partial charge in [0, 0.05) is 12.3 Å². The molecule has 1 unspecified atom stereocenters. The molecule has 9 N–H and O–H groups in total. The van der Waals surface area contributed by atoms with Gasteiger partial charge in [-0.3, -0.25) is 19.2 Å². The predicted molar refractivity (Wildman–Crippen MR) is 73.8 cm³/mol. The van der Waals surface area contributed by atoms with Crippen LogP contribution in [0.2, 0.25) is 0 Å². The number of nitrogens with two attached hydrogens (primary N) is 3. The van der Waals surface area contributed by atoms with Crippen molar-refractivity contribution in [1.29, 1.82) is 0 Å². The highest BCUT2D eigenvalue weighted by Gasteiger charge is 2.31. The summed E-state index contributed by atoms with van der Waals surface area (Å²) < 4.78 is 0. The monoisotopic (exact) mass is 319 g/mol. The number of hydrogen-bond donors (Lipinski definition) is 6. The topological polar surface area (TPSA) is 207 Å². The lowest BCUT2D eigenvalue weighted by atomic mass is 9.87. The molecule has 0 fully saturated rings. The first-order valence-corrected chi connectivity index (χ1v) is 6.55. The Morgan fingerprint density at radius 2 is 1.18 bits per heavy atom. The van der Waals surface area contributed by atoms with Crippen LogP contribution < -0.4 is 17.2 Å². The molecular weight excluding hydrogens is 298 g/mol. The van der Waals surface area contributed by atoms with Crippen LogP contribution >= 0.6 is 0 Å². The fourth-order valence-electron chi connectivity index (χ4n) is 1.80. The molecule has 4 atom stereocenters. The Balaban J connectivity index is 4.77. The number of carboxylic acids is 3. The third-order valence-corrected chi connectivity index (χ3v) is 3.26. The Bertz CT molecular complexity index is 440. The van der Waals surface area contributed by atoms with E-state index < -0.39 is 47.7 Å². The van der Waals surface area contributed by atoms with E-state index in [4.69, 9.17) is 32.5 Å². The number of carbonyl (C=O) groups is 4. The summed E-state index contributed by atoms with van der Waals surface area (Å²) in [7, 11) is 0. The zero-order chi connectivity index (χ0) is 17.4. The van der Waals surface area contributed by atoms with Crippen LogP contribution in [0.1, 0.15) is 25.7 Å². The van der Waals surface area contributed by atoms with E-state index in [1.165, 1.54) is 0 Å². The Morgan fingerprint density at radius 3 is 1.59 bits per heavy atom. The van der Waals surface area contributed by atoms with E-state index in [1.54, 1.807) is 0 Å². The van der Waals surface area contributed by atoms with E-state index in [0.29, 0.717) is 0 Å². The minimum absolute atomic E-state index is 0.123. The van der Waals surface area contributed by atoms with Crippen molar-refractivity contribution in [3.05, 3.63) is 0 Å². The summed E-state index contributed by atoms with van der Waals surface area (Å²) in [5.74, 6) is -5.69. The molecule has 0 heterocycles. The maximum absolute atomic E-state index is 12.0. The third-order valence-electron chi connectivity index (χ3n) is 3.26. The highest BCUT2D eigenvalue weighted by Crippen LogP contribution is 2.17. The number of carboxylic acid groups (broad SMARTS) is 3. The van der Waals surface area contributed by atoms with Gasteiger partial charge in [0.1, 0.15) is 23.9 Å². The Kier molecular flexibility index (Phi) is 8.23. The van der Waals surface area contributed by atoms with Crippen LogP contribution in [0.25, 0.3) is 0 Å². The van der Waals surface area contributed by atoms with Gasteiger partial charge in [-0.05, 0) is 19.3 Å². The molecule has 0 aromatic rings. The molecule has 126 valence electrons. The van der Waals surface area contributed by atoms with Crippen LogP contribution in [0.3, 0.4) is 0 Å². The van der Waals surface area contributed by atoms with Crippen molar-refractivity contribution in [1.82, 2.24) is 0 Å². The molecule has 0 radical (unpaired) electrons. The molecule has 0 aliphatic carbocycles. The van der Waals surface area contributed by atoms with Gasteiger partial charge in [0.15, 0.2) is 0 Å². The highest BCUT2D eigenvalue weighted by atomic mass is 16.4. The van der Waals surface area contributed by atoms with Gasteiger partial charge in [0.05, 0.1) is 0 Å². The Hall–Kier alpha value is -2.04. The predicted octanol–water partition coefficient (Wildman–Crippen LogP) is -2.03. The first kappa shape index (κ1) is 20.0. The minimum Gasteiger partial charge on any atom is -0.480 e. The maximum atomic E-state index is 12.0. The lowest BCUT2D eigenvalue weighted by Gasteiger charge is -2.21. The van der Waals surface area contributed by atoms with Crippen molar-refractivity contribution in [3.8, 4) is 0 Å². The fraction of sp³-hybridized carbons (Fsp3) is 0.667. The quantitative estimate of drug-likeness (QED) is 0.246. The van der Waals surface area contributed by atoms with Gasteiger partial charge in [0.25, 0.3) is 0 Å².